The third-order valence-electron chi connectivity index (χ3n) is 3.92. The van der Waals surface area contributed by atoms with Crippen LogP contribution in [0.15, 0.2) is 12.4 Å². The zero-order valence-electron chi connectivity index (χ0n) is 12.8. The average Bonchev–Trinajstić information content (AvgIpc) is 3.10. The number of nitrogens with one attached hydrogen (secondary N) is 1. The van der Waals surface area contributed by atoms with Crippen molar-refractivity contribution in [2.24, 2.45) is 13.0 Å². The third-order valence-corrected chi connectivity index (χ3v) is 3.92. The van der Waals surface area contributed by atoms with Crippen LogP contribution in [-0.2, 0) is 16.6 Å². The summed E-state index contributed by atoms with van der Waals surface area (Å²) in [4.78, 5) is 13.9. The van der Waals surface area contributed by atoms with E-state index in [0.29, 0.717) is 13.1 Å². The average molecular weight is 316 g/mol. The number of carbonyl (C=O) groups excluding carboxylic acids is 1. The summed E-state index contributed by atoms with van der Waals surface area (Å²) in [5.41, 5.74) is 0.953. The van der Waals surface area contributed by atoms with Gasteiger partial charge in [-0.15, -0.1) is 0 Å². The quantitative estimate of drug-likeness (QED) is 0.794. The molecule has 124 valence electrons. The van der Waals surface area contributed by atoms with Crippen molar-refractivity contribution < 1.29 is 18.3 Å². The Morgan fingerprint density at radius 2 is 2.36 bits per heavy atom. The molecule has 1 aliphatic heterocycles. The first-order valence-corrected chi connectivity index (χ1v) is 7.28. The van der Waals surface area contributed by atoms with E-state index in [1.807, 2.05) is 13.2 Å². The number of amides is 1. The zero-order chi connectivity index (χ0) is 16.1. The number of methoxy groups -OCH3 is 1. The van der Waals surface area contributed by atoms with Crippen LogP contribution in [0, 0.1) is 5.92 Å². The maximum atomic E-state index is 12.7. The number of aromatic nitrogens is 2. The monoisotopic (exact) mass is 316 g/mol. The van der Waals surface area contributed by atoms with Crippen LogP contribution in [0.4, 0.5) is 8.78 Å². The minimum absolute atomic E-state index is 0.0380. The van der Waals surface area contributed by atoms with E-state index in [1.165, 1.54) is 12.0 Å². The Kier molecular flexibility index (Phi) is 5.84. The van der Waals surface area contributed by atoms with Gasteiger partial charge in [0.2, 0.25) is 5.91 Å². The van der Waals surface area contributed by atoms with Crippen LogP contribution in [0.3, 0.4) is 0 Å². The second-order valence-corrected chi connectivity index (χ2v) is 5.49. The molecule has 0 saturated carbocycles. The molecular formula is C14H22F2N4O2. The second-order valence-electron chi connectivity index (χ2n) is 5.49. The summed E-state index contributed by atoms with van der Waals surface area (Å²) in [7, 11) is 3.30. The first-order valence-electron chi connectivity index (χ1n) is 7.28. The Hall–Kier alpha value is -1.54. The van der Waals surface area contributed by atoms with Gasteiger partial charge in [0.05, 0.1) is 25.3 Å². The largest absolute Gasteiger partial charge is 0.383 e. The molecule has 1 aromatic heterocycles. The van der Waals surface area contributed by atoms with Crippen molar-refractivity contribution in [3.8, 4) is 0 Å². The summed E-state index contributed by atoms with van der Waals surface area (Å²) in [6, 6.07) is 0. The number of nitrogens with zero attached hydrogens (tertiary/aromatic N) is 3. The van der Waals surface area contributed by atoms with Crippen molar-refractivity contribution in [1.29, 1.82) is 0 Å². The molecule has 0 radical (unpaired) electrons. The fraction of sp³-hybridized carbons (Fsp3) is 0.714. The molecule has 0 aromatic carbocycles. The number of aryl methyl sites for hydroxylation is 1. The molecule has 0 unspecified atom stereocenters. The summed E-state index contributed by atoms with van der Waals surface area (Å²) in [5.74, 6) is -0.639. The molecule has 0 bridgehead atoms. The number of hydrogen-bond acceptors (Lipinski definition) is 4. The molecule has 1 N–H and O–H groups in total. The molecule has 1 aromatic rings. The van der Waals surface area contributed by atoms with Gasteiger partial charge >= 0.3 is 0 Å². The molecule has 22 heavy (non-hydrogen) atoms. The summed E-state index contributed by atoms with van der Waals surface area (Å²) >= 11 is 0. The first kappa shape index (κ1) is 16.8. The van der Waals surface area contributed by atoms with E-state index in [1.54, 1.807) is 10.9 Å². The lowest BCUT2D eigenvalue weighted by Gasteiger charge is -2.27. The minimum Gasteiger partial charge on any atom is -0.383 e. The SMILES string of the molecule is COCCN(CC(F)F)C(=O)[C@H]1CNC[C@@H]1c1cnn(C)c1. The van der Waals surface area contributed by atoms with Crippen LogP contribution in [0.5, 0.6) is 0 Å². The molecular weight excluding hydrogens is 294 g/mol. The fourth-order valence-electron chi connectivity index (χ4n) is 2.81. The summed E-state index contributed by atoms with van der Waals surface area (Å²) < 4.78 is 32.0. The second kappa shape index (κ2) is 7.64. The van der Waals surface area contributed by atoms with E-state index in [-0.39, 0.29) is 30.9 Å². The zero-order valence-corrected chi connectivity index (χ0v) is 12.8. The number of ether oxygens (including phenoxy) is 1. The number of carbonyl (C=O) groups is 1. The Labute approximate surface area is 128 Å². The molecule has 8 heteroatoms. The summed E-state index contributed by atoms with van der Waals surface area (Å²) in [5, 5.41) is 7.29. The first-order chi connectivity index (χ1) is 10.5. The summed E-state index contributed by atoms with van der Waals surface area (Å²) in [6.07, 6.45) is 1.04. The minimum atomic E-state index is -2.55. The Morgan fingerprint density at radius 1 is 1.59 bits per heavy atom. The van der Waals surface area contributed by atoms with Crippen LogP contribution in [0.25, 0.3) is 0 Å². The molecule has 1 aliphatic rings. The number of hydrogen-bond donors (Lipinski definition) is 1. The third kappa shape index (κ3) is 4.01. The molecule has 2 atom stereocenters. The number of rotatable bonds is 7. The van der Waals surface area contributed by atoms with E-state index in [2.05, 4.69) is 10.4 Å². The fourth-order valence-corrected chi connectivity index (χ4v) is 2.81. The standard InChI is InChI=1S/C14H22F2N4O2/c1-19-8-10(5-18-19)11-6-17-7-12(11)14(21)20(3-4-22-2)9-13(15)16/h5,8,11-13,17H,3-4,6-7,9H2,1-2H3/t11-,12+/m1/s1. The van der Waals surface area contributed by atoms with Gasteiger partial charge in [0.25, 0.3) is 6.43 Å². The lowest BCUT2D eigenvalue weighted by atomic mass is 9.90. The smallest absolute Gasteiger partial charge is 0.255 e. The highest BCUT2D eigenvalue weighted by atomic mass is 19.3. The van der Waals surface area contributed by atoms with E-state index >= 15 is 0 Å². The van der Waals surface area contributed by atoms with Crippen molar-refractivity contribution in [1.82, 2.24) is 20.0 Å². The van der Waals surface area contributed by atoms with Gasteiger partial charge in [0, 0.05) is 45.9 Å². The Morgan fingerprint density at radius 3 is 2.95 bits per heavy atom. The predicted molar refractivity (Wildman–Crippen MR) is 76.8 cm³/mol. The van der Waals surface area contributed by atoms with Crippen molar-refractivity contribution in [3.05, 3.63) is 18.0 Å². The van der Waals surface area contributed by atoms with Crippen LogP contribution in [0.1, 0.15) is 11.5 Å². The van der Waals surface area contributed by atoms with Gasteiger partial charge < -0.3 is 15.0 Å². The van der Waals surface area contributed by atoms with E-state index in [0.717, 1.165) is 5.56 Å². The van der Waals surface area contributed by atoms with Crippen LogP contribution in [0.2, 0.25) is 0 Å². The Balaban J connectivity index is 2.10. The predicted octanol–water partition coefficient (Wildman–Crippen LogP) is 0.463. The van der Waals surface area contributed by atoms with Gasteiger partial charge in [-0.1, -0.05) is 0 Å². The van der Waals surface area contributed by atoms with Crippen molar-refractivity contribution in [2.45, 2.75) is 12.3 Å². The highest BCUT2D eigenvalue weighted by Crippen LogP contribution is 2.29. The maximum absolute atomic E-state index is 12.7. The van der Waals surface area contributed by atoms with Crippen LogP contribution >= 0.6 is 0 Å². The molecule has 2 rings (SSSR count). The molecule has 1 fully saturated rings. The van der Waals surface area contributed by atoms with Crippen molar-refractivity contribution in [3.63, 3.8) is 0 Å². The van der Waals surface area contributed by atoms with Crippen molar-refractivity contribution >= 4 is 5.91 Å². The molecule has 6 nitrogen and oxygen atoms in total. The molecule has 0 spiro atoms. The maximum Gasteiger partial charge on any atom is 0.255 e. The number of alkyl halides is 2. The lowest BCUT2D eigenvalue weighted by molar-refractivity contribution is -0.138. The van der Waals surface area contributed by atoms with Crippen LogP contribution in [-0.4, -0.2) is 66.9 Å². The lowest BCUT2D eigenvalue weighted by Crippen LogP contribution is -2.43. The van der Waals surface area contributed by atoms with Gasteiger partial charge in [0.1, 0.15) is 0 Å². The molecule has 1 saturated heterocycles. The van der Waals surface area contributed by atoms with Gasteiger partial charge in [-0.2, -0.15) is 5.10 Å². The van der Waals surface area contributed by atoms with Gasteiger partial charge in [-0.3, -0.25) is 9.48 Å². The molecule has 1 amide bonds. The van der Waals surface area contributed by atoms with Gasteiger partial charge in [-0.05, 0) is 5.56 Å². The molecule has 2 heterocycles. The number of halogens is 2. The highest BCUT2D eigenvalue weighted by molar-refractivity contribution is 5.80. The normalized spacial score (nSPS) is 21.5. The van der Waals surface area contributed by atoms with E-state index < -0.39 is 13.0 Å². The van der Waals surface area contributed by atoms with Gasteiger partial charge in [0.15, 0.2) is 0 Å². The van der Waals surface area contributed by atoms with Gasteiger partial charge in [-0.25, -0.2) is 8.78 Å². The highest BCUT2D eigenvalue weighted by Gasteiger charge is 2.37. The van der Waals surface area contributed by atoms with E-state index in [4.69, 9.17) is 4.74 Å². The Bertz CT molecular complexity index is 495. The van der Waals surface area contributed by atoms with Crippen LogP contribution < -0.4 is 5.32 Å². The summed E-state index contributed by atoms with van der Waals surface area (Å²) in [6.45, 7) is 1.00. The topological polar surface area (TPSA) is 59.4 Å². The molecule has 0 aliphatic carbocycles. The van der Waals surface area contributed by atoms with Crippen molar-refractivity contribution in [2.75, 3.05) is 39.9 Å². The van der Waals surface area contributed by atoms with E-state index in [9.17, 15) is 13.6 Å².